The van der Waals surface area contributed by atoms with Gasteiger partial charge >= 0.3 is 5.97 Å². The molecule has 45 heavy (non-hydrogen) atoms. The van der Waals surface area contributed by atoms with Gasteiger partial charge in [0.1, 0.15) is 17.6 Å². The van der Waals surface area contributed by atoms with E-state index in [9.17, 15) is 37.5 Å². The Hall–Kier alpha value is -3.78. The van der Waals surface area contributed by atoms with Crippen LogP contribution in [0.15, 0.2) is 36.4 Å². The van der Waals surface area contributed by atoms with Crippen molar-refractivity contribution in [1.82, 2.24) is 15.5 Å². The summed E-state index contributed by atoms with van der Waals surface area (Å²) in [6.07, 6.45) is -1.33. The Kier molecular flexibility index (Phi) is 12.7. The zero-order chi connectivity index (χ0) is 33.4. The smallest absolute Gasteiger partial charge is 0.326 e. The number of nitrogens with zero attached hydrogens (tertiary/aromatic N) is 1. The lowest BCUT2D eigenvalue weighted by atomic mass is 10.0. The summed E-state index contributed by atoms with van der Waals surface area (Å²) < 4.78 is 46.6. The summed E-state index contributed by atoms with van der Waals surface area (Å²) in [7, 11) is 0. The topological polar surface area (TPSA) is 151 Å². The number of halogens is 3. The van der Waals surface area contributed by atoms with Gasteiger partial charge in [0.15, 0.2) is 23.1 Å². The number of benzene rings is 2. The van der Waals surface area contributed by atoms with Crippen LogP contribution in [0.3, 0.4) is 0 Å². The average molecular weight is 653 g/mol. The molecule has 0 spiro atoms. The maximum absolute atomic E-state index is 14.0. The molecule has 4 unspecified atom stereocenters. The van der Waals surface area contributed by atoms with Gasteiger partial charge in [-0.1, -0.05) is 39.8 Å². The number of hydrogen-bond acceptors (Lipinski definition) is 7. The van der Waals surface area contributed by atoms with Crippen molar-refractivity contribution < 1.29 is 42.2 Å². The van der Waals surface area contributed by atoms with Gasteiger partial charge in [0.25, 0.3) is 11.8 Å². The molecule has 1 aliphatic heterocycles. The maximum Gasteiger partial charge on any atom is 0.326 e. The first kappa shape index (κ1) is 35.7. The number of carbonyl (C=O) groups is 4. The number of aliphatic carboxylic acids is 1. The molecule has 2 aromatic rings. The number of amides is 3. The van der Waals surface area contributed by atoms with Gasteiger partial charge in [-0.3, -0.25) is 14.4 Å². The van der Waals surface area contributed by atoms with E-state index < -0.39 is 58.8 Å². The number of nitrogens with two attached hydrogens (primary N) is 1. The van der Waals surface area contributed by atoms with E-state index in [0.29, 0.717) is 24.1 Å². The number of nitrogens with one attached hydrogen (secondary N) is 2. The molecule has 0 bridgehead atoms. The van der Waals surface area contributed by atoms with Crippen LogP contribution < -0.4 is 21.1 Å². The van der Waals surface area contributed by atoms with Crippen LogP contribution in [-0.4, -0.2) is 69.6 Å². The Morgan fingerprint density at radius 2 is 1.67 bits per heavy atom. The lowest BCUT2D eigenvalue weighted by Gasteiger charge is -2.25. The Morgan fingerprint density at radius 3 is 2.27 bits per heavy atom. The van der Waals surface area contributed by atoms with Gasteiger partial charge in [-0.2, -0.15) is 0 Å². The highest BCUT2D eigenvalue weighted by Crippen LogP contribution is 2.26. The summed E-state index contributed by atoms with van der Waals surface area (Å²) in [5.41, 5.74) is 6.60. The Bertz CT molecular complexity index is 1380. The number of ether oxygens (including phenoxy) is 1. The summed E-state index contributed by atoms with van der Waals surface area (Å²) in [6.45, 7) is 7.43. The highest BCUT2D eigenvalue weighted by molar-refractivity contribution is 8.00. The molecule has 1 saturated heterocycles. The zero-order valence-electron chi connectivity index (χ0n) is 25.5. The molecule has 246 valence electrons. The van der Waals surface area contributed by atoms with Gasteiger partial charge in [-0.15, -0.1) is 11.8 Å². The van der Waals surface area contributed by atoms with Crippen molar-refractivity contribution in [3.63, 3.8) is 0 Å². The number of carboxylic acids is 1. The van der Waals surface area contributed by atoms with Gasteiger partial charge in [-0.05, 0) is 47.6 Å². The van der Waals surface area contributed by atoms with Gasteiger partial charge in [0.2, 0.25) is 5.91 Å². The van der Waals surface area contributed by atoms with E-state index in [4.69, 9.17) is 10.5 Å². The molecule has 3 rings (SSSR count). The van der Waals surface area contributed by atoms with Crippen molar-refractivity contribution in [2.24, 2.45) is 17.6 Å². The highest BCUT2D eigenvalue weighted by Gasteiger charge is 2.35. The van der Waals surface area contributed by atoms with E-state index in [-0.39, 0.29) is 42.7 Å². The third-order valence-electron chi connectivity index (χ3n) is 7.19. The largest absolute Gasteiger partial charge is 0.480 e. The molecule has 0 radical (unpaired) electrons. The van der Waals surface area contributed by atoms with E-state index >= 15 is 0 Å². The van der Waals surface area contributed by atoms with Crippen LogP contribution in [-0.2, 0) is 32.1 Å². The van der Waals surface area contributed by atoms with Crippen LogP contribution in [0.25, 0.3) is 0 Å². The highest BCUT2D eigenvalue weighted by atomic mass is 32.2. The Labute approximate surface area is 264 Å². The second-order valence-electron chi connectivity index (χ2n) is 11.5. The fourth-order valence-corrected chi connectivity index (χ4v) is 5.87. The number of carbonyl (C=O) groups excluding carboxylic acids is 3. The number of rotatable bonds is 14. The quantitative estimate of drug-likeness (QED) is 0.227. The molecule has 4 atom stereocenters. The molecule has 5 N–H and O–H groups in total. The number of carboxylic acid groups (broad SMARTS) is 1. The first-order valence-corrected chi connectivity index (χ1v) is 15.6. The zero-order valence-corrected chi connectivity index (χ0v) is 26.3. The van der Waals surface area contributed by atoms with E-state index in [2.05, 4.69) is 10.6 Å². The fraction of sp³-hybridized carbons (Fsp3) is 0.484. The number of hydrogen-bond donors (Lipinski definition) is 4. The van der Waals surface area contributed by atoms with Gasteiger partial charge < -0.3 is 31.1 Å². The first-order valence-electron chi connectivity index (χ1n) is 14.5. The molecule has 3 amide bonds. The third-order valence-corrected chi connectivity index (χ3v) is 8.39. The normalized spacial score (nSPS) is 16.8. The van der Waals surface area contributed by atoms with Crippen LogP contribution in [0.5, 0.6) is 5.75 Å². The van der Waals surface area contributed by atoms with Crippen LogP contribution in [0, 0.1) is 29.3 Å². The van der Waals surface area contributed by atoms with Crippen LogP contribution in [0.2, 0.25) is 0 Å². The molecule has 14 heteroatoms. The van der Waals surface area contributed by atoms with Crippen LogP contribution >= 0.6 is 11.8 Å². The molecule has 2 aromatic carbocycles. The molecule has 10 nitrogen and oxygen atoms in total. The lowest BCUT2D eigenvalue weighted by molar-refractivity contribution is -0.144. The van der Waals surface area contributed by atoms with Gasteiger partial charge in [-0.25, -0.2) is 18.0 Å². The van der Waals surface area contributed by atoms with E-state index in [0.717, 1.165) is 11.6 Å². The fourth-order valence-electron chi connectivity index (χ4n) is 4.71. The van der Waals surface area contributed by atoms with Crippen molar-refractivity contribution in [2.45, 2.75) is 70.6 Å². The SMILES string of the molecule is CC(C)C(NC(=O)C(Oc1ccc(CNC(=O)C2SCCN2C(=O)CC(N)Cc2cc(F)c(F)cc2F)cc1)C(C)C)C(=O)O. The first-order chi connectivity index (χ1) is 21.2. The Balaban J connectivity index is 1.53. The molecule has 1 fully saturated rings. The predicted octanol–water partition coefficient (Wildman–Crippen LogP) is 3.21. The van der Waals surface area contributed by atoms with Crippen molar-refractivity contribution in [2.75, 3.05) is 12.3 Å². The Morgan fingerprint density at radius 1 is 1.02 bits per heavy atom. The minimum absolute atomic E-state index is 0.142. The monoisotopic (exact) mass is 652 g/mol. The summed E-state index contributed by atoms with van der Waals surface area (Å²) in [6, 6.07) is 5.93. The third kappa shape index (κ3) is 9.85. The summed E-state index contributed by atoms with van der Waals surface area (Å²) >= 11 is 1.29. The standard InChI is InChI=1S/C31H39F3N4O6S/c1-16(2)26(31(42)43)37-28(40)27(17(3)4)44-21-7-5-18(6-8-21)15-36-29(41)30-38(9-10-45-30)25(39)13-20(35)11-19-12-23(33)24(34)14-22(19)32/h5-8,12,14,16-17,20,26-27,30H,9-11,13,15,35H2,1-4H3,(H,36,41)(H,37,40)(H,42,43). The summed E-state index contributed by atoms with van der Waals surface area (Å²) in [4.78, 5) is 51.6. The number of thioether (sulfide) groups is 1. The molecule has 0 aromatic heterocycles. The van der Waals surface area contributed by atoms with E-state index in [1.807, 2.05) is 0 Å². The lowest BCUT2D eigenvalue weighted by Crippen LogP contribution is -2.51. The van der Waals surface area contributed by atoms with Crippen LogP contribution in [0.4, 0.5) is 13.2 Å². The van der Waals surface area contributed by atoms with E-state index in [1.54, 1.807) is 52.0 Å². The maximum atomic E-state index is 14.0. The van der Waals surface area contributed by atoms with Crippen LogP contribution in [0.1, 0.15) is 45.2 Å². The minimum Gasteiger partial charge on any atom is -0.480 e. The molecule has 1 aliphatic rings. The molecular formula is C31H39F3N4O6S. The van der Waals surface area contributed by atoms with Crippen molar-refractivity contribution in [3.05, 3.63) is 65.0 Å². The second-order valence-corrected chi connectivity index (χ2v) is 12.7. The molecule has 1 heterocycles. The van der Waals surface area contributed by atoms with E-state index in [1.165, 1.54) is 16.7 Å². The van der Waals surface area contributed by atoms with Crippen molar-refractivity contribution in [3.8, 4) is 5.75 Å². The molecule has 0 aliphatic carbocycles. The average Bonchev–Trinajstić information content (AvgIpc) is 3.46. The van der Waals surface area contributed by atoms with Gasteiger partial charge in [0, 0.05) is 37.4 Å². The molecule has 0 saturated carbocycles. The summed E-state index contributed by atoms with van der Waals surface area (Å²) in [5.74, 6) is -5.59. The van der Waals surface area contributed by atoms with Crippen molar-refractivity contribution >= 4 is 35.5 Å². The molecular weight excluding hydrogens is 613 g/mol. The summed E-state index contributed by atoms with van der Waals surface area (Å²) in [5, 5.41) is 13.9. The second kappa shape index (κ2) is 16.0. The van der Waals surface area contributed by atoms with Crippen molar-refractivity contribution in [1.29, 1.82) is 0 Å². The minimum atomic E-state index is -1.31. The predicted molar refractivity (Wildman–Crippen MR) is 163 cm³/mol. The van der Waals surface area contributed by atoms with Gasteiger partial charge in [0.05, 0.1) is 0 Å².